The van der Waals surface area contributed by atoms with Crippen molar-refractivity contribution in [2.45, 2.75) is 19.9 Å². The third-order valence-corrected chi connectivity index (χ3v) is 6.88. The van der Waals surface area contributed by atoms with Crippen LogP contribution in [0.15, 0.2) is 73.3 Å². The molecule has 1 aliphatic heterocycles. The summed E-state index contributed by atoms with van der Waals surface area (Å²) in [7, 11) is 0. The number of nitrogens with zero attached hydrogens (tertiary/aromatic N) is 5. The normalized spacial score (nSPS) is 15.0. The van der Waals surface area contributed by atoms with E-state index in [1.54, 1.807) is 6.20 Å². The number of H-pyrrole nitrogens is 1. The van der Waals surface area contributed by atoms with Crippen molar-refractivity contribution < 1.29 is 0 Å². The Bertz CT molecular complexity index is 1450. The molecule has 6 rings (SSSR count). The molecule has 0 atom stereocenters. The van der Waals surface area contributed by atoms with Gasteiger partial charge in [0.05, 0.1) is 17.4 Å². The van der Waals surface area contributed by atoms with Crippen LogP contribution in [-0.4, -0.2) is 57.1 Å². The predicted octanol–water partition coefficient (Wildman–Crippen LogP) is 5.37. The minimum Gasteiger partial charge on any atom is -0.369 e. The third kappa shape index (κ3) is 3.80. The van der Waals surface area contributed by atoms with Gasteiger partial charge in [0.1, 0.15) is 5.65 Å². The zero-order valence-electron chi connectivity index (χ0n) is 19.6. The van der Waals surface area contributed by atoms with Gasteiger partial charge >= 0.3 is 0 Å². The zero-order valence-corrected chi connectivity index (χ0v) is 19.6. The first-order valence-corrected chi connectivity index (χ1v) is 11.9. The molecule has 1 saturated heterocycles. The topological polar surface area (TPSA) is 60.9 Å². The Labute approximate surface area is 199 Å². The first kappa shape index (κ1) is 20.8. The fraction of sp³-hybridized carbons (Fsp3) is 0.250. The van der Waals surface area contributed by atoms with Crippen LogP contribution in [0.3, 0.4) is 0 Å². The largest absolute Gasteiger partial charge is 0.369 e. The number of aromatic amines is 1. The highest BCUT2D eigenvalue weighted by Crippen LogP contribution is 2.32. The minimum absolute atomic E-state index is 0.608. The Hall–Kier alpha value is -3.77. The molecule has 0 spiro atoms. The van der Waals surface area contributed by atoms with E-state index in [-0.39, 0.29) is 0 Å². The van der Waals surface area contributed by atoms with Crippen molar-refractivity contribution in [3.63, 3.8) is 0 Å². The predicted molar refractivity (Wildman–Crippen MR) is 139 cm³/mol. The molecule has 170 valence electrons. The van der Waals surface area contributed by atoms with Crippen LogP contribution in [0.1, 0.15) is 13.8 Å². The number of rotatable bonds is 4. The number of piperazine rings is 1. The summed E-state index contributed by atoms with van der Waals surface area (Å²) >= 11 is 0. The van der Waals surface area contributed by atoms with Gasteiger partial charge in [0, 0.05) is 78.4 Å². The molecule has 0 bridgehead atoms. The van der Waals surface area contributed by atoms with Gasteiger partial charge in [-0.3, -0.25) is 14.9 Å². The average molecular weight is 449 g/mol. The van der Waals surface area contributed by atoms with E-state index in [2.05, 4.69) is 75.0 Å². The van der Waals surface area contributed by atoms with Crippen LogP contribution in [0.4, 0.5) is 5.69 Å². The lowest BCUT2D eigenvalue weighted by atomic mass is 10.0. The van der Waals surface area contributed by atoms with Gasteiger partial charge in [-0.2, -0.15) is 0 Å². The Balaban J connectivity index is 1.35. The van der Waals surface area contributed by atoms with Gasteiger partial charge in [-0.15, -0.1) is 0 Å². The second-order valence-electron chi connectivity index (χ2n) is 9.27. The van der Waals surface area contributed by atoms with Gasteiger partial charge < -0.3 is 9.88 Å². The summed E-state index contributed by atoms with van der Waals surface area (Å²) in [5.74, 6) is 0. The Morgan fingerprint density at radius 1 is 0.794 bits per heavy atom. The van der Waals surface area contributed by atoms with Gasteiger partial charge in [0.25, 0.3) is 0 Å². The molecule has 34 heavy (non-hydrogen) atoms. The van der Waals surface area contributed by atoms with E-state index in [4.69, 9.17) is 4.98 Å². The van der Waals surface area contributed by atoms with Gasteiger partial charge in [-0.05, 0) is 55.8 Å². The Morgan fingerprint density at radius 2 is 1.65 bits per heavy atom. The van der Waals surface area contributed by atoms with Gasteiger partial charge in [-0.25, -0.2) is 4.98 Å². The van der Waals surface area contributed by atoms with E-state index in [1.807, 2.05) is 30.7 Å². The van der Waals surface area contributed by atoms with Crippen molar-refractivity contribution in [2.24, 2.45) is 0 Å². The number of fused-ring (bicyclic) bond motifs is 3. The SMILES string of the molecule is CC(C)N1CCN(c2cccc(-c3cnc4[nH]c5cnc(-c6cccnc6)cc5c4c3)c2)CC1. The maximum Gasteiger partial charge on any atom is 0.138 e. The highest BCUT2D eigenvalue weighted by atomic mass is 15.3. The molecule has 6 heteroatoms. The van der Waals surface area contributed by atoms with E-state index < -0.39 is 0 Å². The number of aromatic nitrogens is 4. The molecule has 0 amide bonds. The number of hydrogen-bond donors (Lipinski definition) is 1. The van der Waals surface area contributed by atoms with E-state index in [9.17, 15) is 0 Å². The van der Waals surface area contributed by atoms with Crippen LogP contribution < -0.4 is 4.90 Å². The molecule has 5 aromatic rings. The fourth-order valence-corrected chi connectivity index (χ4v) is 4.88. The Kier molecular flexibility index (Phi) is 5.23. The summed E-state index contributed by atoms with van der Waals surface area (Å²) in [5, 5.41) is 2.23. The van der Waals surface area contributed by atoms with Crippen LogP contribution in [0.25, 0.3) is 44.3 Å². The minimum atomic E-state index is 0.608. The first-order valence-electron chi connectivity index (χ1n) is 11.9. The van der Waals surface area contributed by atoms with Crippen molar-refractivity contribution in [2.75, 3.05) is 31.1 Å². The van der Waals surface area contributed by atoms with Crippen LogP contribution in [0.5, 0.6) is 0 Å². The van der Waals surface area contributed by atoms with Crippen molar-refractivity contribution in [1.82, 2.24) is 24.8 Å². The summed E-state index contributed by atoms with van der Waals surface area (Å²) in [6.07, 6.45) is 7.47. The lowest BCUT2D eigenvalue weighted by Gasteiger charge is -2.38. The van der Waals surface area contributed by atoms with E-state index in [0.29, 0.717) is 6.04 Å². The summed E-state index contributed by atoms with van der Waals surface area (Å²) in [5.41, 5.74) is 7.38. The molecule has 6 nitrogen and oxygen atoms in total. The van der Waals surface area contributed by atoms with Gasteiger partial charge in [-0.1, -0.05) is 12.1 Å². The molecular weight excluding hydrogens is 420 g/mol. The number of hydrogen-bond acceptors (Lipinski definition) is 5. The highest BCUT2D eigenvalue weighted by Gasteiger charge is 2.19. The molecule has 5 heterocycles. The first-order chi connectivity index (χ1) is 16.7. The monoisotopic (exact) mass is 448 g/mol. The van der Waals surface area contributed by atoms with E-state index in [0.717, 1.165) is 64.9 Å². The molecule has 4 aromatic heterocycles. The molecule has 1 N–H and O–H groups in total. The summed E-state index contributed by atoms with van der Waals surface area (Å²) in [6, 6.07) is 17.8. The van der Waals surface area contributed by atoms with Crippen molar-refractivity contribution in [1.29, 1.82) is 0 Å². The second kappa shape index (κ2) is 8.54. The highest BCUT2D eigenvalue weighted by molar-refractivity contribution is 6.07. The van der Waals surface area contributed by atoms with Crippen LogP contribution >= 0.6 is 0 Å². The Morgan fingerprint density at radius 3 is 2.44 bits per heavy atom. The van der Waals surface area contributed by atoms with Crippen LogP contribution in [0, 0.1) is 0 Å². The standard InChI is InChI=1S/C28H28N6/c1-19(2)33-9-11-34(12-10-33)23-7-3-5-20(13-23)22-14-25-24-15-26(21-6-4-8-29-16-21)30-18-27(24)32-28(25)31-17-22/h3-8,13-19H,9-12H2,1-2H3,(H,31,32). The molecule has 1 aliphatic rings. The second-order valence-corrected chi connectivity index (χ2v) is 9.27. The number of pyridine rings is 3. The third-order valence-electron chi connectivity index (χ3n) is 6.88. The zero-order chi connectivity index (χ0) is 23.1. The van der Waals surface area contributed by atoms with Crippen LogP contribution in [0.2, 0.25) is 0 Å². The number of nitrogens with one attached hydrogen (secondary N) is 1. The van der Waals surface area contributed by atoms with Crippen molar-refractivity contribution in [3.8, 4) is 22.4 Å². The quantitative estimate of drug-likeness (QED) is 0.400. The van der Waals surface area contributed by atoms with Gasteiger partial charge in [0.15, 0.2) is 0 Å². The molecule has 0 saturated carbocycles. The maximum absolute atomic E-state index is 4.75. The van der Waals surface area contributed by atoms with Crippen LogP contribution in [-0.2, 0) is 0 Å². The van der Waals surface area contributed by atoms with E-state index >= 15 is 0 Å². The summed E-state index contributed by atoms with van der Waals surface area (Å²) < 4.78 is 0. The molecule has 0 radical (unpaired) electrons. The smallest absolute Gasteiger partial charge is 0.138 e. The lowest BCUT2D eigenvalue weighted by molar-refractivity contribution is 0.209. The average Bonchev–Trinajstić information content (AvgIpc) is 3.26. The molecule has 0 unspecified atom stereocenters. The summed E-state index contributed by atoms with van der Waals surface area (Å²) in [6.45, 7) is 8.90. The molecule has 1 aromatic carbocycles. The van der Waals surface area contributed by atoms with Crippen molar-refractivity contribution >= 4 is 27.6 Å². The number of benzene rings is 1. The lowest BCUT2D eigenvalue weighted by Crippen LogP contribution is -2.48. The fourth-order valence-electron chi connectivity index (χ4n) is 4.88. The molecule has 1 fully saturated rings. The molecular formula is C28H28N6. The van der Waals surface area contributed by atoms with Crippen molar-refractivity contribution in [3.05, 3.63) is 73.3 Å². The number of anilines is 1. The maximum atomic E-state index is 4.75. The summed E-state index contributed by atoms with van der Waals surface area (Å²) in [4.78, 5) is 22.1. The van der Waals surface area contributed by atoms with E-state index in [1.165, 1.54) is 11.3 Å². The van der Waals surface area contributed by atoms with Gasteiger partial charge in [0.2, 0.25) is 0 Å². The molecule has 0 aliphatic carbocycles.